The Morgan fingerprint density at radius 2 is 1.96 bits per heavy atom. The lowest BCUT2D eigenvalue weighted by atomic mass is 10.0. The Bertz CT molecular complexity index is 1170. The highest BCUT2D eigenvalue weighted by Gasteiger charge is 2.38. The second-order valence-corrected chi connectivity index (χ2v) is 8.46. The van der Waals surface area contributed by atoms with Gasteiger partial charge in [-0.05, 0) is 30.7 Å². The SMILES string of the molecule is Cc1ccc(/C=C/S(=O)(=O)N2CC(c3nc(-c4ccc[nH]c4=O)no3)C2)cc1. The van der Waals surface area contributed by atoms with Crippen molar-refractivity contribution in [2.75, 3.05) is 13.1 Å². The first-order chi connectivity index (χ1) is 13.4. The normalized spacial score (nSPS) is 15.8. The number of benzene rings is 1. The van der Waals surface area contributed by atoms with Crippen molar-refractivity contribution in [2.45, 2.75) is 12.8 Å². The number of H-pyrrole nitrogens is 1. The van der Waals surface area contributed by atoms with E-state index < -0.39 is 10.0 Å². The zero-order valence-electron chi connectivity index (χ0n) is 15.1. The molecule has 0 spiro atoms. The molecule has 9 heteroatoms. The van der Waals surface area contributed by atoms with E-state index in [1.54, 1.807) is 18.2 Å². The van der Waals surface area contributed by atoms with Crippen LogP contribution < -0.4 is 5.56 Å². The summed E-state index contributed by atoms with van der Waals surface area (Å²) in [6.07, 6.45) is 3.10. The van der Waals surface area contributed by atoms with E-state index in [0.717, 1.165) is 11.1 Å². The first-order valence-corrected chi connectivity index (χ1v) is 10.2. The molecular formula is C19H18N4O4S. The standard InChI is InChI=1S/C19H18N4O4S/c1-13-4-6-14(7-5-13)8-10-28(25,26)23-11-15(12-23)19-21-17(22-27-19)16-3-2-9-20-18(16)24/h2-10,15H,11-12H2,1H3,(H,20,24)/b10-8+. The number of hydrogen-bond acceptors (Lipinski definition) is 6. The number of nitrogens with zero attached hydrogens (tertiary/aromatic N) is 3. The van der Waals surface area contributed by atoms with Crippen LogP contribution in [0.5, 0.6) is 0 Å². The summed E-state index contributed by atoms with van der Waals surface area (Å²) in [7, 11) is -3.52. The summed E-state index contributed by atoms with van der Waals surface area (Å²) in [5, 5.41) is 5.04. The van der Waals surface area contributed by atoms with Gasteiger partial charge in [-0.1, -0.05) is 35.0 Å². The third-order valence-electron chi connectivity index (χ3n) is 4.57. The van der Waals surface area contributed by atoms with Crippen LogP contribution in [0.3, 0.4) is 0 Å². The smallest absolute Gasteiger partial charge is 0.259 e. The predicted octanol–water partition coefficient (Wildman–Crippen LogP) is 2.13. The van der Waals surface area contributed by atoms with Gasteiger partial charge in [-0.15, -0.1) is 0 Å². The maximum absolute atomic E-state index is 12.4. The van der Waals surface area contributed by atoms with Crippen molar-refractivity contribution in [3.63, 3.8) is 0 Å². The molecule has 4 rings (SSSR count). The topological polar surface area (TPSA) is 109 Å². The molecule has 2 aromatic heterocycles. The Balaban J connectivity index is 1.42. The van der Waals surface area contributed by atoms with Crippen molar-refractivity contribution in [3.05, 3.63) is 75.4 Å². The van der Waals surface area contributed by atoms with Gasteiger partial charge >= 0.3 is 0 Å². The summed E-state index contributed by atoms with van der Waals surface area (Å²) >= 11 is 0. The molecule has 0 atom stereocenters. The molecular weight excluding hydrogens is 380 g/mol. The van der Waals surface area contributed by atoms with E-state index in [0.29, 0.717) is 11.5 Å². The van der Waals surface area contributed by atoms with Crippen molar-refractivity contribution < 1.29 is 12.9 Å². The Morgan fingerprint density at radius 3 is 2.68 bits per heavy atom. The quantitative estimate of drug-likeness (QED) is 0.705. The molecule has 0 bridgehead atoms. The van der Waals surface area contributed by atoms with Gasteiger partial charge in [-0.3, -0.25) is 4.79 Å². The number of aryl methyl sites for hydroxylation is 1. The van der Waals surface area contributed by atoms with Crippen LogP contribution in [0.25, 0.3) is 17.5 Å². The van der Waals surface area contributed by atoms with Crippen LogP contribution >= 0.6 is 0 Å². The maximum Gasteiger partial charge on any atom is 0.259 e. The fourth-order valence-electron chi connectivity index (χ4n) is 2.84. The molecule has 1 aliphatic rings. The lowest BCUT2D eigenvalue weighted by Crippen LogP contribution is -2.47. The van der Waals surface area contributed by atoms with Crippen LogP contribution in [0, 0.1) is 6.92 Å². The van der Waals surface area contributed by atoms with E-state index in [2.05, 4.69) is 15.1 Å². The van der Waals surface area contributed by atoms with Crippen LogP contribution in [0.4, 0.5) is 0 Å². The molecule has 0 saturated carbocycles. The van der Waals surface area contributed by atoms with Crippen molar-refractivity contribution in [3.8, 4) is 11.4 Å². The average Bonchev–Trinajstić information content (AvgIpc) is 3.09. The highest BCUT2D eigenvalue weighted by Crippen LogP contribution is 2.29. The van der Waals surface area contributed by atoms with E-state index in [-0.39, 0.29) is 30.4 Å². The summed E-state index contributed by atoms with van der Waals surface area (Å²) in [6.45, 7) is 2.49. The van der Waals surface area contributed by atoms with Gasteiger partial charge in [0.25, 0.3) is 5.56 Å². The molecule has 1 fully saturated rings. The maximum atomic E-state index is 12.4. The minimum absolute atomic E-state index is 0.188. The van der Waals surface area contributed by atoms with E-state index in [9.17, 15) is 13.2 Å². The Hall–Kier alpha value is -3.04. The summed E-state index contributed by atoms with van der Waals surface area (Å²) in [4.78, 5) is 18.6. The lowest BCUT2D eigenvalue weighted by Gasteiger charge is -2.34. The highest BCUT2D eigenvalue weighted by atomic mass is 32.2. The van der Waals surface area contributed by atoms with E-state index >= 15 is 0 Å². The van der Waals surface area contributed by atoms with Crippen molar-refractivity contribution in [2.24, 2.45) is 0 Å². The second-order valence-electron chi connectivity index (χ2n) is 6.64. The average molecular weight is 398 g/mol. The minimum Gasteiger partial charge on any atom is -0.339 e. The fourth-order valence-corrected chi connectivity index (χ4v) is 4.12. The number of hydrogen-bond donors (Lipinski definition) is 1. The van der Waals surface area contributed by atoms with Gasteiger partial charge < -0.3 is 9.51 Å². The number of aromatic amines is 1. The zero-order valence-corrected chi connectivity index (χ0v) is 15.9. The van der Waals surface area contributed by atoms with Crippen LogP contribution in [-0.4, -0.2) is 40.9 Å². The zero-order chi connectivity index (χ0) is 19.7. The lowest BCUT2D eigenvalue weighted by molar-refractivity contribution is 0.219. The van der Waals surface area contributed by atoms with Gasteiger partial charge in [-0.2, -0.15) is 9.29 Å². The number of aromatic nitrogens is 3. The first-order valence-electron chi connectivity index (χ1n) is 8.69. The second kappa shape index (κ2) is 7.17. The molecule has 0 unspecified atom stereocenters. The molecule has 1 saturated heterocycles. The number of rotatable bonds is 5. The highest BCUT2D eigenvalue weighted by molar-refractivity contribution is 7.92. The summed E-state index contributed by atoms with van der Waals surface area (Å²) in [5.41, 5.74) is 1.93. The number of pyridine rings is 1. The van der Waals surface area contributed by atoms with E-state index in [1.165, 1.54) is 15.9 Å². The third-order valence-corrected chi connectivity index (χ3v) is 6.07. The largest absolute Gasteiger partial charge is 0.339 e. The van der Waals surface area contributed by atoms with Gasteiger partial charge in [0.1, 0.15) is 0 Å². The van der Waals surface area contributed by atoms with E-state index in [4.69, 9.17) is 4.52 Å². The first kappa shape index (κ1) is 18.3. The fraction of sp³-hybridized carbons (Fsp3) is 0.211. The summed E-state index contributed by atoms with van der Waals surface area (Å²) in [5.74, 6) is 0.330. The van der Waals surface area contributed by atoms with Crippen LogP contribution in [0.2, 0.25) is 0 Å². The van der Waals surface area contributed by atoms with Crippen LogP contribution in [0.15, 0.2) is 57.3 Å². The van der Waals surface area contributed by atoms with Gasteiger partial charge in [0, 0.05) is 24.7 Å². The van der Waals surface area contributed by atoms with Crippen molar-refractivity contribution in [1.82, 2.24) is 19.4 Å². The summed E-state index contributed by atoms with van der Waals surface area (Å²) in [6, 6.07) is 10.9. The molecule has 28 heavy (non-hydrogen) atoms. The molecule has 3 heterocycles. The van der Waals surface area contributed by atoms with Gasteiger partial charge in [0.2, 0.25) is 21.7 Å². The van der Waals surface area contributed by atoms with Crippen molar-refractivity contribution in [1.29, 1.82) is 0 Å². The van der Waals surface area contributed by atoms with Gasteiger partial charge in [0.15, 0.2) is 0 Å². The molecule has 3 aromatic rings. The molecule has 0 radical (unpaired) electrons. The predicted molar refractivity (Wildman–Crippen MR) is 104 cm³/mol. The van der Waals surface area contributed by atoms with Crippen molar-refractivity contribution >= 4 is 16.1 Å². The van der Waals surface area contributed by atoms with Gasteiger partial charge in [-0.25, -0.2) is 8.42 Å². The number of sulfonamides is 1. The molecule has 1 N–H and O–H groups in total. The van der Waals surface area contributed by atoms with Crippen LogP contribution in [-0.2, 0) is 10.0 Å². The van der Waals surface area contributed by atoms with Gasteiger partial charge in [0.05, 0.1) is 11.5 Å². The molecule has 8 nitrogen and oxygen atoms in total. The minimum atomic E-state index is -3.52. The molecule has 0 aliphatic carbocycles. The summed E-state index contributed by atoms with van der Waals surface area (Å²) < 4.78 is 31.4. The van der Waals surface area contributed by atoms with E-state index in [1.807, 2.05) is 31.2 Å². The molecule has 1 aromatic carbocycles. The Morgan fingerprint density at radius 1 is 1.21 bits per heavy atom. The Labute approximate surface area is 161 Å². The third kappa shape index (κ3) is 3.67. The Kier molecular flexibility index (Phi) is 4.70. The monoisotopic (exact) mass is 398 g/mol. The molecule has 1 aliphatic heterocycles. The molecule has 0 amide bonds. The molecule has 144 valence electrons. The number of nitrogens with one attached hydrogen (secondary N) is 1. The van der Waals surface area contributed by atoms with Crippen LogP contribution in [0.1, 0.15) is 22.9 Å².